The third kappa shape index (κ3) is 4.49. The minimum absolute atomic E-state index is 0.0612. The quantitative estimate of drug-likeness (QED) is 0.634. The number of aromatic amines is 1. The van der Waals surface area contributed by atoms with Gasteiger partial charge in [-0.2, -0.15) is 8.42 Å². The molecule has 1 fully saturated rings. The van der Waals surface area contributed by atoms with Crippen LogP contribution in [-0.2, 0) is 10.0 Å². The van der Waals surface area contributed by atoms with Crippen molar-refractivity contribution in [2.75, 3.05) is 18.9 Å². The molecule has 1 amide bonds. The van der Waals surface area contributed by atoms with Crippen LogP contribution in [0.15, 0.2) is 57.8 Å². The van der Waals surface area contributed by atoms with Crippen LogP contribution in [-0.4, -0.2) is 43.6 Å². The molecular formula is C23H26N4O3S. The van der Waals surface area contributed by atoms with Crippen LogP contribution in [0.5, 0.6) is 0 Å². The summed E-state index contributed by atoms with van der Waals surface area (Å²) in [7, 11) is -2.00. The lowest BCUT2D eigenvalue weighted by Gasteiger charge is -2.17. The van der Waals surface area contributed by atoms with Gasteiger partial charge in [0.2, 0.25) is 0 Å². The van der Waals surface area contributed by atoms with Gasteiger partial charge in [0.05, 0.1) is 10.5 Å². The van der Waals surface area contributed by atoms with Crippen molar-refractivity contribution < 1.29 is 13.2 Å². The summed E-state index contributed by atoms with van der Waals surface area (Å²) in [5.74, 6) is 0.292. The lowest BCUT2D eigenvalue weighted by Crippen LogP contribution is -2.26. The second-order valence-electron chi connectivity index (χ2n) is 7.87. The van der Waals surface area contributed by atoms with Crippen molar-refractivity contribution in [3.05, 3.63) is 59.8 Å². The number of hydrogen-bond acceptors (Lipinski definition) is 3. The summed E-state index contributed by atoms with van der Waals surface area (Å²) in [5, 5.41) is 3.65. The van der Waals surface area contributed by atoms with Gasteiger partial charge in [0.1, 0.15) is 5.84 Å². The number of sulfonamides is 1. The molecule has 3 aromatic rings. The van der Waals surface area contributed by atoms with Crippen LogP contribution in [0.1, 0.15) is 41.7 Å². The zero-order valence-corrected chi connectivity index (χ0v) is 18.5. The first-order valence-corrected chi connectivity index (χ1v) is 11.8. The molecular weight excluding hydrogens is 412 g/mol. The number of amidine groups is 1. The van der Waals surface area contributed by atoms with Crippen molar-refractivity contribution in [3.8, 4) is 0 Å². The molecule has 0 aliphatic carbocycles. The second kappa shape index (κ2) is 8.55. The van der Waals surface area contributed by atoms with Crippen LogP contribution in [0.3, 0.4) is 0 Å². The van der Waals surface area contributed by atoms with E-state index in [9.17, 15) is 13.2 Å². The van der Waals surface area contributed by atoms with Gasteiger partial charge in [-0.05, 0) is 44.0 Å². The fourth-order valence-corrected chi connectivity index (χ4v) is 5.07. The van der Waals surface area contributed by atoms with E-state index in [1.807, 2.05) is 43.1 Å². The van der Waals surface area contributed by atoms with Crippen LogP contribution >= 0.6 is 0 Å². The van der Waals surface area contributed by atoms with Gasteiger partial charge in [0.25, 0.3) is 15.9 Å². The molecule has 0 bridgehead atoms. The molecule has 0 atom stereocenters. The van der Waals surface area contributed by atoms with Crippen molar-refractivity contribution in [2.24, 2.45) is 4.40 Å². The monoisotopic (exact) mass is 438 g/mol. The number of para-hydroxylation sites is 1. The molecule has 2 aromatic carbocycles. The molecule has 0 radical (unpaired) electrons. The molecule has 8 heteroatoms. The van der Waals surface area contributed by atoms with E-state index in [4.69, 9.17) is 0 Å². The highest BCUT2D eigenvalue weighted by atomic mass is 32.2. The van der Waals surface area contributed by atoms with E-state index in [1.165, 1.54) is 12.1 Å². The van der Waals surface area contributed by atoms with Gasteiger partial charge < -0.3 is 15.2 Å². The average Bonchev–Trinajstić information content (AvgIpc) is 2.95. The summed E-state index contributed by atoms with van der Waals surface area (Å²) in [4.78, 5) is 18.1. The van der Waals surface area contributed by atoms with Crippen molar-refractivity contribution in [1.29, 1.82) is 0 Å². The number of aryl methyl sites for hydroxylation is 1. The highest BCUT2D eigenvalue weighted by Gasteiger charge is 2.20. The molecule has 31 heavy (non-hydrogen) atoms. The van der Waals surface area contributed by atoms with Crippen molar-refractivity contribution >= 4 is 38.4 Å². The summed E-state index contributed by atoms with van der Waals surface area (Å²) >= 11 is 0. The van der Waals surface area contributed by atoms with Crippen LogP contribution in [0.4, 0.5) is 5.69 Å². The van der Waals surface area contributed by atoms with Crippen LogP contribution in [0, 0.1) is 6.92 Å². The summed E-state index contributed by atoms with van der Waals surface area (Å²) in [6, 6.07) is 13.8. The summed E-state index contributed by atoms with van der Waals surface area (Å²) < 4.78 is 29.9. The molecule has 2 N–H and O–H groups in total. The fraction of sp³-hybridized carbons (Fsp3) is 0.304. The Morgan fingerprint density at radius 3 is 2.74 bits per heavy atom. The van der Waals surface area contributed by atoms with Crippen molar-refractivity contribution in [1.82, 2.24) is 9.88 Å². The first-order chi connectivity index (χ1) is 14.8. The molecule has 162 valence electrons. The van der Waals surface area contributed by atoms with Gasteiger partial charge in [0, 0.05) is 42.3 Å². The van der Waals surface area contributed by atoms with E-state index in [0.717, 1.165) is 42.4 Å². The molecule has 1 aliphatic heterocycles. The third-order valence-electron chi connectivity index (χ3n) is 5.57. The first-order valence-electron chi connectivity index (χ1n) is 10.4. The number of nitrogens with zero attached hydrogens (tertiary/aromatic N) is 2. The Morgan fingerprint density at radius 2 is 1.90 bits per heavy atom. The number of carbonyl (C=O) groups excluding carboxylic acids is 1. The lowest BCUT2D eigenvalue weighted by molar-refractivity contribution is 0.102. The number of fused-ring (bicyclic) bond motifs is 1. The fourth-order valence-electron chi connectivity index (χ4n) is 3.93. The van der Waals surface area contributed by atoms with E-state index in [2.05, 4.69) is 14.7 Å². The standard InChI is InChI=1S/C23H26N4O3S/c1-16-22(19-11-5-6-12-20(19)24-16)23(28)25-17-9-8-10-18(15-17)31(29,30)26-21-13-4-3-7-14-27(21)2/h5-6,8-12,15,24H,3-4,7,13-14H2,1-2H3,(H,25,28). The normalized spacial score (nSPS) is 16.5. The van der Waals surface area contributed by atoms with E-state index in [0.29, 0.717) is 23.5 Å². The number of nitrogens with one attached hydrogen (secondary N) is 2. The van der Waals surface area contributed by atoms with Crippen LogP contribution in [0.25, 0.3) is 10.9 Å². The minimum Gasteiger partial charge on any atom is -0.362 e. The molecule has 0 saturated carbocycles. The van der Waals surface area contributed by atoms with Crippen molar-refractivity contribution in [2.45, 2.75) is 37.5 Å². The zero-order valence-electron chi connectivity index (χ0n) is 17.7. The molecule has 1 aliphatic rings. The highest BCUT2D eigenvalue weighted by molar-refractivity contribution is 7.90. The predicted octanol–water partition coefficient (Wildman–Crippen LogP) is 4.32. The maximum Gasteiger partial charge on any atom is 0.284 e. The minimum atomic E-state index is -3.88. The zero-order chi connectivity index (χ0) is 22.0. The van der Waals surface area contributed by atoms with E-state index < -0.39 is 10.0 Å². The third-order valence-corrected chi connectivity index (χ3v) is 6.87. The predicted molar refractivity (Wildman–Crippen MR) is 123 cm³/mol. The lowest BCUT2D eigenvalue weighted by atomic mass is 10.1. The summed E-state index contributed by atoms with van der Waals surface area (Å²) in [6.07, 6.45) is 3.67. The Morgan fingerprint density at radius 1 is 1.10 bits per heavy atom. The molecule has 7 nitrogen and oxygen atoms in total. The number of anilines is 1. The second-order valence-corrected chi connectivity index (χ2v) is 9.47. The molecule has 0 unspecified atom stereocenters. The molecule has 4 rings (SSSR count). The molecule has 0 spiro atoms. The molecule has 1 aromatic heterocycles. The first kappa shape index (κ1) is 21.1. The van der Waals surface area contributed by atoms with Gasteiger partial charge in [0.15, 0.2) is 0 Å². The molecule has 2 heterocycles. The van der Waals surface area contributed by atoms with Gasteiger partial charge in [-0.15, -0.1) is 4.40 Å². The number of carbonyl (C=O) groups is 1. The SMILES string of the molecule is Cc1[nH]c2ccccc2c1C(=O)Nc1cccc(S(=O)(=O)N=C2CCCCCN2C)c1. The average molecular weight is 439 g/mol. The molecule has 1 saturated heterocycles. The number of benzene rings is 2. The highest BCUT2D eigenvalue weighted by Crippen LogP contribution is 2.24. The Bertz CT molecular complexity index is 1260. The largest absolute Gasteiger partial charge is 0.362 e. The number of aromatic nitrogens is 1. The van der Waals surface area contributed by atoms with Crippen LogP contribution in [0.2, 0.25) is 0 Å². The Balaban J connectivity index is 1.61. The van der Waals surface area contributed by atoms with Gasteiger partial charge >= 0.3 is 0 Å². The number of likely N-dealkylation sites (tertiary alicyclic amines) is 1. The van der Waals surface area contributed by atoms with E-state index >= 15 is 0 Å². The van der Waals surface area contributed by atoms with E-state index in [-0.39, 0.29) is 10.8 Å². The smallest absolute Gasteiger partial charge is 0.284 e. The maximum atomic E-state index is 13.0. The van der Waals surface area contributed by atoms with Gasteiger partial charge in [-0.3, -0.25) is 4.79 Å². The van der Waals surface area contributed by atoms with Crippen LogP contribution < -0.4 is 5.32 Å². The van der Waals surface area contributed by atoms with Crippen molar-refractivity contribution in [3.63, 3.8) is 0 Å². The topological polar surface area (TPSA) is 94.6 Å². The number of amides is 1. The maximum absolute atomic E-state index is 13.0. The Kier molecular flexibility index (Phi) is 5.82. The summed E-state index contributed by atoms with van der Waals surface area (Å²) in [5.41, 5.74) is 2.59. The van der Waals surface area contributed by atoms with E-state index in [1.54, 1.807) is 12.1 Å². The number of H-pyrrole nitrogens is 1. The Labute approximate surface area is 182 Å². The number of hydrogen-bond donors (Lipinski definition) is 2. The summed E-state index contributed by atoms with van der Waals surface area (Å²) in [6.45, 7) is 2.64. The van der Waals surface area contributed by atoms with Gasteiger partial charge in [-0.25, -0.2) is 0 Å². The number of rotatable bonds is 4. The van der Waals surface area contributed by atoms with Gasteiger partial charge in [-0.1, -0.05) is 30.7 Å². The Hall–Kier alpha value is -3.13.